The Labute approximate surface area is 131 Å². The van der Waals surface area contributed by atoms with E-state index >= 15 is 0 Å². The van der Waals surface area contributed by atoms with Gasteiger partial charge in [0.1, 0.15) is 0 Å². The zero-order valence-corrected chi connectivity index (χ0v) is 13.4. The zero-order chi connectivity index (χ0) is 15.7. The normalized spacial score (nSPS) is 19.7. The van der Waals surface area contributed by atoms with Crippen LogP contribution in [0.5, 0.6) is 17.2 Å². The van der Waals surface area contributed by atoms with Crippen LogP contribution in [0.3, 0.4) is 0 Å². The third-order valence-corrected chi connectivity index (χ3v) is 4.32. The van der Waals surface area contributed by atoms with Gasteiger partial charge in [0, 0.05) is 24.4 Å². The highest BCUT2D eigenvalue weighted by Gasteiger charge is 2.49. The highest BCUT2D eigenvalue weighted by atomic mass is 16.5. The number of nitrogens with zero attached hydrogens (tertiary/aromatic N) is 1. The maximum absolute atomic E-state index is 5.44. The highest BCUT2D eigenvalue weighted by molar-refractivity contribution is 5.68. The fraction of sp³-hybridized carbons (Fsp3) is 0.333. The third-order valence-electron chi connectivity index (χ3n) is 4.32. The minimum absolute atomic E-state index is 0.0197. The second kappa shape index (κ2) is 5.44. The van der Waals surface area contributed by atoms with Gasteiger partial charge in [-0.1, -0.05) is 30.3 Å². The summed E-state index contributed by atoms with van der Waals surface area (Å²) in [6, 6.07) is 14.5. The van der Waals surface area contributed by atoms with Gasteiger partial charge in [-0.3, -0.25) is 0 Å². The maximum atomic E-state index is 5.44. The van der Waals surface area contributed by atoms with Crippen molar-refractivity contribution >= 4 is 5.69 Å². The lowest BCUT2D eigenvalue weighted by Gasteiger charge is -2.18. The quantitative estimate of drug-likeness (QED) is 0.791. The predicted molar refractivity (Wildman–Crippen MR) is 87.2 cm³/mol. The summed E-state index contributed by atoms with van der Waals surface area (Å²) < 4.78 is 16.3. The van der Waals surface area contributed by atoms with Crippen LogP contribution in [-0.2, 0) is 5.54 Å². The second-order valence-electron chi connectivity index (χ2n) is 5.61. The molecule has 0 N–H and O–H groups in total. The largest absolute Gasteiger partial charge is 0.493 e. The summed E-state index contributed by atoms with van der Waals surface area (Å²) >= 11 is 0. The van der Waals surface area contributed by atoms with Gasteiger partial charge in [0.15, 0.2) is 11.5 Å². The number of ether oxygens (including phenoxy) is 3. The van der Waals surface area contributed by atoms with Gasteiger partial charge in [0.25, 0.3) is 0 Å². The first-order chi connectivity index (χ1) is 10.6. The lowest BCUT2D eigenvalue weighted by molar-refractivity contribution is 0.324. The smallest absolute Gasteiger partial charge is 0.203 e. The molecule has 0 aliphatic carbocycles. The molecule has 0 spiro atoms. The SMILES string of the molecule is COc1cc(N2CC2(C)c2ccccc2)cc(OC)c1OC. The van der Waals surface area contributed by atoms with Crippen LogP contribution in [0.1, 0.15) is 12.5 Å². The van der Waals surface area contributed by atoms with E-state index in [1.54, 1.807) is 21.3 Å². The summed E-state index contributed by atoms with van der Waals surface area (Å²) in [6.07, 6.45) is 0. The van der Waals surface area contributed by atoms with Crippen molar-refractivity contribution in [1.29, 1.82) is 0 Å². The molecule has 1 unspecified atom stereocenters. The standard InChI is InChI=1S/C18H21NO3/c1-18(13-8-6-5-7-9-13)12-19(18)14-10-15(20-2)17(22-4)16(11-14)21-3/h5-11H,12H2,1-4H3. The van der Waals surface area contributed by atoms with Crippen LogP contribution in [-0.4, -0.2) is 27.9 Å². The van der Waals surface area contributed by atoms with E-state index in [0.29, 0.717) is 17.2 Å². The molecule has 0 aromatic heterocycles. The fourth-order valence-electron chi connectivity index (χ4n) is 2.92. The Morgan fingerprint density at radius 1 is 0.909 bits per heavy atom. The molecule has 0 saturated carbocycles. The molecule has 4 heteroatoms. The Bertz CT molecular complexity index is 646. The van der Waals surface area contributed by atoms with Crippen LogP contribution in [0, 0.1) is 0 Å². The molecular weight excluding hydrogens is 278 g/mol. The lowest BCUT2D eigenvalue weighted by Crippen LogP contribution is -2.11. The Kier molecular flexibility index (Phi) is 3.61. The van der Waals surface area contributed by atoms with Gasteiger partial charge in [0.2, 0.25) is 5.75 Å². The number of hydrogen-bond acceptors (Lipinski definition) is 4. The van der Waals surface area contributed by atoms with Crippen LogP contribution in [0.4, 0.5) is 5.69 Å². The molecule has 3 rings (SSSR count). The fourth-order valence-corrected chi connectivity index (χ4v) is 2.92. The Balaban J connectivity index is 1.97. The molecule has 4 nitrogen and oxygen atoms in total. The number of rotatable bonds is 5. The van der Waals surface area contributed by atoms with Gasteiger partial charge >= 0.3 is 0 Å². The van der Waals surface area contributed by atoms with Crippen molar-refractivity contribution in [3.63, 3.8) is 0 Å². The van der Waals surface area contributed by atoms with E-state index < -0.39 is 0 Å². The van der Waals surface area contributed by atoms with Gasteiger partial charge in [-0.15, -0.1) is 0 Å². The van der Waals surface area contributed by atoms with Crippen molar-refractivity contribution in [2.45, 2.75) is 12.5 Å². The molecule has 0 bridgehead atoms. The van der Waals surface area contributed by atoms with E-state index in [-0.39, 0.29) is 5.54 Å². The van der Waals surface area contributed by atoms with Crippen LogP contribution >= 0.6 is 0 Å². The number of benzene rings is 2. The highest BCUT2D eigenvalue weighted by Crippen LogP contribution is 2.50. The van der Waals surface area contributed by atoms with Gasteiger partial charge in [0.05, 0.1) is 26.9 Å². The lowest BCUT2D eigenvalue weighted by atomic mass is 10.0. The monoisotopic (exact) mass is 299 g/mol. The summed E-state index contributed by atoms with van der Waals surface area (Å²) in [4.78, 5) is 2.33. The number of anilines is 1. The van der Waals surface area contributed by atoms with E-state index in [2.05, 4.69) is 36.1 Å². The van der Waals surface area contributed by atoms with E-state index in [9.17, 15) is 0 Å². The van der Waals surface area contributed by atoms with Crippen molar-refractivity contribution in [3.05, 3.63) is 48.0 Å². The van der Waals surface area contributed by atoms with Crippen molar-refractivity contribution in [3.8, 4) is 17.2 Å². The molecular formula is C18H21NO3. The van der Waals surface area contributed by atoms with Crippen molar-refractivity contribution < 1.29 is 14.2 Å². The van der Waals surface area contributed by atoms with Gasteiger partial charge in [-0.05, 0) is 12.5 Å². The first-order valence-electron chi connectivity index (χ1n) is 7.27. The number of hydrogen-bond donors (Lipinski definition) is 0. The van der Waals surface area contributed by atoms with Gasteiger partial charge in [-0.2, -0.15) is 0 Å². The minimum Gasteiger partial charge on any atom is -0.493 e. The molecule has 0 radical (unpaired) electrons. The molecule has 1 aliphatic heterocycles. The minimum atomic E-state index is 0.0197. The molecule has 2 aromatic carbocycles. The Morgan fingerprint density at radius 3 is 2.00 bits per heavy atom. The summed E-state index contributed by atoms with van der Waals surface area (Å²) in [5.41, 5.74) is 2.40. The van der Waals surface area contributed by atoms with Crippen LogP contribution < -0.4 is 19.1 Å². The van der Waals surface area contributed by atoms with Gasteiger partial charge in [-0.25, -0.2) is 0 Å². The third kappa shape index (κ3) is 2.25. The van der Waals surface area contributed by atoms with Crippen molar-refractivity contribution in [2.24, 2.45) is 0 Å². The maximum Gasteiger partial charge on any atom is 0.203 e. The first-order valence-corrected chi connectivity index (χ1v) is 7.27. The Hall–Kier alpha value is -2.36. The second-order valence-corrected chi connectivity index (χ2v) is 5.61. The molecule has 1 fully saturated rings. The molecule has 1 heterocycles. The summed E-state index contributed by atoms with van der Waals surface area (Å²) in [5, 5.41) is 0. The van der Waals surface area contributed by atoms with E-state index in [1.807, 2.05) is 18.2 Å². The molecule has 22 heavy (non-hydrogen) atoms. The molecule has 1 atom stereocenters. The molecule has 116 valence electrons. The van der Waals surface area contributed by atoms with Crippen LogP contribution in [0.15, 0.2) is 42.5 Å². The summed E-state index contributed by atoms with van der Waals surface area (Å²) in [7, 11) is 4.89. The van der Waals surface area contributed by atoms with E-state index in [1.165, 1.54) is 5.56 Å². The number of methoxy groups -OCH3 is 3. The van der Waals surface area contributed by atoms with Gasteiger partial charge < -0.3 is 19.1 Å². The molecule has 1 aliphatic rings. The van der Waals surface area contributed by atoms with E-state index in [0.717, 1.165) is 12.2 Å². The summed E-state index contributed by atoms with van der Waals surface area (Å²) in [6.45, 7) is 3.21. The summed E-state index contributed by atoms with van der Waals surface area (Å²) in [5.74, 6) is 1.98. The topological polar surface area (TPSA) is 30.7 Å². The first kappa shape index (κ1) is 14.6. The van der Waals surface area contributed by atoms with Crippen LogP contribution in [0.25, 0.3) is 0 Å². The average Bonchev–Trinajstić information content (AvgIpc) is 3.27. The predicted octanol–water partition coefficient (Wildman–Crippen LogP) is 3.45. The van der Waals surface area contributed by atoms with E-state index in [4.69, 9.17) is 14.2 Å². The molecule has 0 amide bonds. The Morgan fingerprint density at radius 2 is 1.50 bits per heavy atom. The van der Waals surface area contributed by atoms with Crippen molar-refractivity contribution in [1.82, 2.24) is 0 Å². The van der Waals surface area contributed by atoms with Crippen molar-refractivity contribution in [2.75, 3.05) is 32.8 Å². The molecule has 2 aromatic rings. The average molecular weight is 299 g/mol. The zero-order valence-electron chi connectivity index (χ0n) is 13.4. The van der Waals surface area contributed by atoms with Crippen LogP contribution in [0.2, 0.25) is 0 Å². The molecule has 1 saturated heterocycles.